The van der Waals surface area contributed by atoms with Crippen LogP contribution in [-0.4, -0.2) is 48.8 Å². The van der Waals surface area contributed by atoms with E-state index in [4.69, 9.17) is 16.6 Å². The molecule has 2 aliphatic heterocycles. The lowest BCUT2D eigenvalue weighted by Gasteiger charge is -2.36. The lowest BCUT2D eigenvalue weighted by molar-refractivity contribution is 0.268. The monoisotopic (exact) mass is 519 g/mol. The molecule has 0 radical (unpaired) electrons. The molecule has 1 saturated carbocycles. The Hall–Kier alpha value is -1.37. The van der Waals surface area contributed by atoms with Crippen LogP contribution in [0.2, 0.25) is 0 Å². The van der Waals surface area contributed by atoms with Gasteiger partial charge in [-0.05, 0) is 93.7 Å². The van der Waals surface area contributed by atoms with Crippen molar-refractivity contribution in [2.24, 2.45) is 16.8 Å². The van der Waals surface area contributed by atoms with E-state index in [2.05, 4.69) is 43.9 Å². The molecule has 1 spiro atoms. The summed E-state index contributed by atoms with van der Waals surface area (Å²) in [5, 5.41) is 3.52. The molecule has 1 aliphatic carbocycles. The largest absolute Gasteiger partial charge is 0.346 e. The molecule has 0 aromatic heterocycles. The molecule has 1 aromatic rings. The van der Waals surface area contributed by atoms with Crippen LogP contribution in [-0.2, 0) is 22.9 Å². The van der Waals surface area contributed by atoms with Gasteiger partial charge in [-0.15, -0.1) is 11.6 Å². The summed E-state index contributed by atoms with van der Waals surface area (Å²) in [5.74, 6) is 3.28. The lowest BCUT2D eigenvalue weighted by atomic mass is 9.79. The highest BCUT2D eigenvalue weighted by Crippen LogP contribution is 2.40. The van der Waals surface area contributed by atoms with Crippen LogP contribution in [0.25, 0.3) is 0 Å². The van der Waals surface area contributed by atoms with Crippen molar-refractivity contribution in [2.45, 2.75) is 83.6 Å². The van der Waals surface area contributed by atoms with E-state index in [0.29, 0.717) is 38.3 Å². The van der Waals surface area contributed by atoms with Crippen molar-refractivity contribution in [3.8, 4) is 0 Å². The van der Waals surface area contributed by atoms with Gasteiger partial charge in [0.25, 0.3) is 0 Å². The van der Waals surface area contributed by atoms with Gasteiger partial charge in [-0.3, -0.25) is 4.99 Å². The summed E-state index contributed by atoms with van der Waals surface area (Å²) in [5.41, 5.74) is 4.21. The first-order chi connectivity index (χ1) is 16.8. The Bertz CT molecular complexity index is 1040. The zero-order valence-corrected chi connectivity index (χ0v) is 23.1. The number of piperidine rings is 1. The minimum absolute atomic E-state index is 0.160. The lowest BCUT2D eigenvalue weighted by Crippen LogP contribution is -2.47. The van der Waals surface area contributed by atoms with Gasteiger partial charge in [0, 0.05) is 30.6 Å². The summed E-state index contributed by atoms with van der Waals surface area (Å²) in [6, 6.07) is 6.37. The van der Waals surface area contributed by atoms with E-state index in [9.17, 15) is 8.42 Å². The van der Waals surface area contributed by atoms with E-state index >= 15 is 0 Å². The quantitative estimate of drug-likeness (QED) is 0.431. The van der Waals surface area contributed by atoms with Gasteiger partial charge in [-0.1, -0.05) is 31.7 Å². The van der Waals surface area contributed by atoms with E-state index in [-0.39, 0.29) is 11.3 Å². The number of alkyl halides is 1. The van der Waals surface area contributed by atoms with Gasteiger partial charge in [-0.25, -0.2) is 12.7 Å². The van der Waals surface area contributed by atoms with E-state index in [1.54, 1.807) is 4.31 Å². The third kappa shape index (κ3) is 6.14. The molecule has 1 N–H and O–H groups in total. The number of halogens is 1. The van der Waals surface area contributed by atoms with Crippen LogP contribution < -0.4 is 5.32 Å². The Morgan fingerprint density at radius 3 is 2.54 bits per heavy atom. The number of aryl methyl sites for hydroxylation is 3. The zero-order chi connectivity index (χ0) is 25.1. The predicted octanol–water partition coefficient (Wildman–Crippen LogP) is 5.61. The molecule has 3 aliphatic rings. The number of benzene rings is 1. The topological polar surface area (TPSA) is 61.8 Å². The molecule has 0 atom stereocenters. The highest BCUT2D eigenvalue weighted by molar-refractivity contribution is 7.89. The normalized spacial score (nSPS) is 25.0. The van der Waals surface area contributed by atoms with Gasteiger partial charge in [0.1, 0.15) is 11.4 Å². The van der Waals surface area contributed by atoms with Crippen LogP contribution >= 0.6 is 11.6 Å². The number of amidine groups is 1. The highest BCUT2D eigenvalue weighted by atomic mass is 35.5. The summed E-state index contributed by atoms with van der Waals surface area (Å²) in [6.07, 6.45) is 10.1. The summed E-state index contributed by atoms with van der Waals surface area (Å²) in [4.78, 5) is 5.17. The average Bonchev–Trinajstić information content (AvgIpc) is 3.17. The third-order valence-electron chi connectivity index (χ3n) is 8.54. The van der Waals surface area contributed by atoms with Crippen LogP contribution in [0.5, 0.6) is 0 Å². The molecule has 1 aromatic carbocycles. The molecule has 2 fully saturated rings. The second kappa shape index (κ2) is 11.4. The van der Waals surface area contributed by atoms with Gasteiger partial charge < -0.3 is 5.32 Å². The molecule has 5 nitrogen and oxygen atoms in total. The van der Waals surface area contributed by atoms with Crippen LogP contribution in [0.4, 0.5) is 0 Å². The first-order valence-electron chi connectivity index (χ1n) is 13.4. The van der Waals surface area contributed by atoms with Gasteiger partial charge in [0.05, 0.1) is 5.75 Å². The molecular formula is C28H42ClN3O2S. The standard InChI is InChI=1S/C28H42ClN3O2S/c1-4-23-7-10-25(21(2)20-23)13-19-35(33,34)32-17-14-28(15-18-32)22(3)30-27(31-28)26-11-8-24(9-12-26)6-5-16-29/h7,10,20,24,26H,3-6,8-9,11-19H2,1-2H3,(H,30,31)/t24-,26-. The molecule has 2 heterocycles. The van der Waals surface area contributed by atoms with E-state index < -0.39 is 10.0 Å². The minimum Gasteiger partial charge on any atom is -0.346 e. The molecule has 0 amide bonds. The molecule has 194 valence electrons. The van der Waals surface area contributed by atoms with Crippen LogP contribution in [0.3, 0.4) is 0 Å². The first-order valence-corrected chi connectivity index (χ1v) is 15.6. The molecule has 0 bridgehead atoms. The Balaban J connectivity index is 1.32. The van der Waals surface area contributed by atoms with Crippen LogP contribution in [0.1, 0.15) is 75.0 Å². The summed E-state index contributed by atoms with van der Waals surface area (Å²) in [6.45, 7) is 9.55. The van der Waals surface area contributed by atoms with Crippen molar-refractivity contribution in [2.75, 3.05) is 24.7 Å². The van der Waals surface area contributed by atoms with Crippen molar-refractivity contribution >= 4 is 27.5 Å². The van der Waals surface area contributed by atoms with Gasteiger partial charge >= 0.3 is 0 Å². The summed E-state index contributed by atoms with van der Waals surface area (Å²) in [7, 11) is -3.30. The fraction of sp³-hybridized carbons (Fsp3) is 0.679. The second-order valence-corrected chi connectivity index (χ2v) is 13.2. The van der Waals surface area contributed by atoms with Gasteiger partial charge in [0.15, 0.2) is 0 Å². The Morgan fingerprint density at radius 2 is 1.91 bits per heavy atom. The maximum atomic E-state index is 13.1. The predicted molar refractivity (Wildman–Crippen MR) is 147 cm³/mol. The van der Waals surface area contributed by atoms with Crippen molar-refractivity contribution in [3.05, 3.63) is 47.2 Å². The number of hydrogen-bond donors (Lipinski definition) is 1. The number of aliphatic imine (C=N–C) groups is 1. The van der Waals surface area contributed by atoms with E-state index in [1.807, 2.05) is 0 Å². The summed E-state index contributed by atoms with van der Waals surface area (Å²) < 4.78 is 28.0. The number of sulfonamides is 1. The third-order valence-corrected chi connectivity index (χ3v) is 10.7. The van der Waals surface area contributed by atoms with Crippen molar-refractivity contribution in [1.82, 2.24) is 9.62 Å². The highest BCUT2D eigenvalue weighted by Gasteiger charge is 2.44. The maximum Gasteiger partial charge on any atom is 0.214 e. The van der Waals surface area contributed by atoms with Crippen molar-refractivity contribution < 1.29 is 8.42 Å². The van der Waals surface area contributed by atoms with E-state index in [1.165, 1.54) is 43.2 Å². The van der Waals surface area contributed by atoms with E-state index in [0.717, 1.165) is 41.7 Å². The zero-order valence-electron chi connectivity index (χ0n) is 21.5. The van der Waals surface area contributed by atoms with Crippen LogP contribution in [0.15, 0.2) is 35.5 Å². The Morgan fingerprint density at radius 1 is 1.20 bits per heavy atom. The molecule has 4 rings (SSSR count). The molecular weight excluding hydrogens is 478 g/mol. The first kappa shape index (κ1) is 26.7. The average molecular weight is 520 g/mol. The second-order valence-electron chi connectivity index (χ2n) is 10.8. The fourth-order valence-electron chi connectivity index (χ4n) is 6.05. The van der Waals surface area contributed by atoms with Crippen molar-refractivity contribution in [3.63, 3.8) is 0 Å². The number of nitrogens with zero attached hydrogens (tertiary/aromatic N) is 2. The maximum absolute atomic E-state index is 13.1. The Labute approximate surface area is 217 Å². The number of hydrogen-bond acceptors (Lipinski definition) is 4. The molecule has 0 unspecified atom stereocenters. The number of rotatable bonds is 9. The van der Waals surface area contributed by atoms with Crippen molar-refractivity contribution in [1.29, 1.82) is 0 Å². The minimum atomic E-state index is -3.30. The van der Waals surface area contributed by atoms with Crippen LogP contribution in [0, 0.1) is 18.8 Å². The Kier molecular flexibility index (Phi) is 8.65. The smallest absolute Gasteiger partial charge is 0.214 e. The van der Waals surface area contributed by atoms with Gasteiger partial charge in [0.2, 0.25) is 10.0 Å². The molecule has 35 heavy (non-hydrogen) atoms. The SMILES string of the molecule is C=C1NC([C@H]2CC[C@H](CCCCl)CC2)=NC12CCN(S(=O)(=O)CCc1ccc(CC)cc1C)CC2. The molecule has 1 saturated heterocycles. The number of nitrogens with one attached hydrogen (secondary N) is 1. The summed E-state index contributed by atoms with van der Waals surface area (Å²) >= 11 is 5.87. The van der Waals surface area contributed by atoms with Gasteiger partial charge in [-0.2, -0.15) is 0 Å². The molecule has 7 heteroatoms. The fourth-order valence-corrected chi connectivity index (χ4v) is 7.68.